The van der Waals surface area contributed by atoms with Crippen LogP contribution in [0, 0.1) is 6.92 Å². The average Bonchev–Trinajstić information content (AvgIpc) is 2.95. The summed E-state index contributed by atoms with van der Waals surface area (Å²) in [6, 6.07) is 3.95. The number of carbonyl (C=O) groups is 1. The number of rotatable bonds is 4. The van der Waals surface area contributed by atoms with E-state index in [2.05, 4.69) is 5.32 Å². The van der Waals surface area contributed by atoms with Gasteiger partial charge >= 0.3 is 0 Å². The fraction of sp³-hybridized carbons (Fsp3) is 0.533. The molecule has 1 N–H and O–H groups in total. The van der Waals surface area contributed by atoms with Crippen LogP contribution >= 0.6 is 12.4 Å². The first-order chi connectivity index (χ1) is 9.60. The quantitative estimate of drug-likeness (QED) is 0.922. The lowest BCUT2D eigenvalue weighted by Crippen LogP contribution is -2.33. The molecule has 0 bridgehead atoms. The minimum absolute atomic E-state index is 0. The maximum atomic E-state index is 12.5. The van der Waals surface area contributed by atoms with Crippen LogP contribution < -0.4 is 14.8 Å². The number of nitrogens with one attached hydrogen (secondary N) is 1. The molecule has 2 rings (SSSR count). The van der Waals surface area contributed by atoms with Crippen LogP contribution in [0.1, 0.15) is 22.3 Å². The second-order valence-electron chi connectivity index (χ2n) is 5.03. The zero-order valence-electron chi connectivity index (χ0n) is 12.9. The number of carbonyl (C=O) groups excluding carboxylic acids is 1. The third-order valence-electron chi connectivity index (χ3n) is 3.88. The number of amides is 1. The molecule has 1 saturated heterocycles. The molecular formula is C15H23ClN2O3. The van der Waals surface area contributed by atoms with Crippen molar-refractivity contribution in [3.8, 4) is 11.5 Å². The molecule has 1 aliphatic heterocycles. The molecule has 1 heterocycles. The van der Waals surface area contributed by atoms with E-state index in [9.17, 15) is 4.79 Å². The highest BCUT2D eigenvalue weighted by Gasteiger charge is 2.26. The Kier molecular flexibility index (Phi) is 6.30. The van der Waals surface area contributed by atoms with Gasteiger partial charge in [0, 0.05) is 30.3 Å². The lowest BCUT2D eigenvalue weighted by atomic mass is 10.1. The number of nitrogens with zero attached hydrogens (tertiary/aromatic N) is 1. The normalized spacial score (nSPS) is 17.3. The van der Waals surface area contributed by atoms with Gasteiger partial charge in [-0.25, -0.2) is 0 Å². The summed E-state index contributed by atoms with van der Waals surface area (Å²) < 4.78 is 10.6. The van der Waals surface area contributed by atoms with E-state index in [1.165, 1.54) is 0 Å². The molecular weight excluding hydrogens is 292 g/mol. The SMILES string of the molecule is CNC1CCN(C(=O)c2cc(OC)c(C)c(OC)c2)C1.Cl. The topological polar surface area (TPSA) is 50.8 Å². The van der Waals surface area contributed by atoms with Crippen LogP contribution in [0.25, 0.3) is 0 Å². The van der Waals surface area contributed by atoms with Gasteiger partial charge in [0.15, 0.2) is 0 Å². The smallest absolute Gasteiger partial charge is 0.254 e. The Morgan fingerprint density at radius 3 is 2.29 bits per heavy atom. The fourth-order valence-electron chi connectivity index (χ4n) is 2.57. The maximum Gasteiger partial charge on any atom is 0.254 e. The molecule has 0 saturated carbocycles. The highest BCUT2D eigenvalue weighted by Crippen LogP contribution is 2.30. The number of halogens is 1. The second-order valence-corrected chi connectivity index (χ2v) is 5.03. The summed E-state index contributed by atoms with van der Waals surface area (Å²) in [7, 11) is 5.13. The van der Waals surface area contributed by atoms with Gasteiger partial charge in [0.1, 0.15) is 11.5 Å². The van der Waals surface area contributed by atoms with Crippen molar-refractivity contribution in [1.82, 2.24) is 10.2 Å². The van der Waals surface area contributed by atoms with Crippen molar-refractivity contribution < 1.29 is 14.3 Å². The molecule has 0 aromatic heterocycles. The molecule has 118 valence electrons. The molecule has 1 unspecified atom stereocenters. The van der Waals surface area contributed by atoms with E-state index in [0.717, 1.165) is 25.1 Å². The standard InChI is InChI=1S/C15H22N2O3.ClH/c1-10-13(19-3)7-11(8-14(10)20-4)15(18)17-6-5-12(9-17)16-2;/h7-8,12,16H,5-6,9H2,1-4H3;1H. The molecule has 5 nitrogen and oxygen atoms in total. The van der Waals surface area contributed by atoms with Gasteiger partial charge in [0.05, 0.1) is 14.2 Å². The first kappa shape index (κ1) is 17.6. The minimum Gasteiger partial charge on any atom is -0.496 e. The molecule has 1 fully saturated rings. The Morgan fingerprint density at radius 1 is 1.29 bits per heavy atom. The Hall–Kier alpha value is -1.46. The number of likely N-dealkylation sites (N-methyl/N-ethyl adjacent to an activating group) is 1. The van der Waals surface area contributed by atoms with Crippen LogP contribution in [0.5, 0.6) is 11.5 Å². The molecule has 1 aromatic carbocycles. The lowest BCUT2D eigenvalue weighted by Gasteiger charge is -2.18. The summed E-state index contributed by atoms with van der Waals surface area (Å²) >= 11 is 0. The van der Waals surface area contributed by atoms with Crippen LogP contribution in [0.2, 0.25) is 0 Å². The molecule has 21 heavy (non-hydrogen) atoms. The zero-order valence-corrected chi connectivity index (χ0v) is 13.8. The van der Waals surface area contributed by atoms with E-state index >= 15 is 0 Å². The molecule has 0 radical (unpaired) electrons. The van der Waals surface area contributed by atoms with Gasteiger partial charge in [-0.2, -0.15) is 0 Å². The fourth-order valence-corrected chi connectivity index (χ4v) is 2.57. The molecule has 1 aliphatic rings. The van der Waals surface area contributed by atoms with Crippen molar-refractivity contribution in [2.24, 2.45) is 0 Å². The number of benzene rings is 1. The number of methoxy groups -OCH3 is 2. The third-order valence-corrected chi connectivity index (χ3v) is 3.88. The lowest BCUT2D eigenvalue weighted by molar-refractivity contribution is 0.0789. The largest absolute Gasteiger partial charge is 0.496 e. The number of ether oxygens (including phenoxy) is 2. The maximum absolute atomic E-state index is 12.5. The zero-order chi connectivity index (χ0) is 14.7. The monoisotopic (exact) mass is 314 g/mol. The molecule has 0 spiro atoms. The molecule has 1 amide bonds. The van der Waals surface area contributed by atoms with Crippen LogP contribution in [-0.2, 0) is 0 Å². The predicted molar refractivity (Wildman–Crippen MR) is 84.9 cm³/mol. The van der Waals surface area contributed by atoms with Crippen molar-refractivity contribution in [2.45, 2.75) is 19.4 Å². The summed E-state index contributed by atoms with van der Waals surface area (Å²) in [6.07, 6.45) is 0.988. The minimum atomic E-state index is 0. The van der Waals surface area contributed by atoms with E-state index in [-0.39, 0.29) is 18.3 Å². The van der Waals surface area contributed by atoms with Crippen LogP contribution in [-0.4, -0.2) is 51.2 Å². The van der Waals surface area contributed by atoms with E-state index in [4.69, 9.17) is 9.47 Å². The van der Waals surface area contributed by atoms with Gasteiger partial charge in [-0.05, 0) is 32.5 Å². The number of hydrogen-bond acceptors (Lipinski definition) is 4. The Morgan fingerprint density at radius 2 is 1.86 bits per heavy atom. The second kappa shape index (κ2) is 7.52. The summed E-state index contributed by atoms with van der Waals surface area (Å²) in [4.78, 5) is 14.4. The van der Waals surface area contributed by atoms with E-state index in [1.807, 2.05) is 18.9 Å². The average molecular weight is 315 g/mol. The van der Waals surface area contributed by atoms with Gasteiger partial charge in [0.2, 0.25) is 0 Å². The van der Waals surface area contributed by atoms with Crippen LogP contribution in [0.15, 0.2) is 12.1 Å². The van der Waals surface area contributed by atoms with Gasteiger partial charge in [-0.1, -0.05) is 0 Å². The van der Waals surface area contributed by atoms with E-state index in [0.29, 0.717) is 23.1 Å². The van der Waals surface area contributed by atoms with Gasteiger partial charge < -0.3 is 19.7 Å². The van der Waals surface area contributed by atoms with Crippen molar-refractivity contribution in [3.63, 3.8) is 0 Å². The van der Waals surface area contributed by atoms with Gasteiger partial charge in [-0.15, -0.1) is 12.4 Å². The van der Waals surface area contributed by atoms with Crippen molar-refractivity contribution in [1.29, 1.82) is 0 Å². The Bertz CT molecular complexity index is 483. The van der Waals surface area contributed by atoms with E-state index in [1.54, 1.807) is 26.4 Å². The number of likely N-dealkylation sites (tertiary alicyclic amines) is 1. The molecule has 6 heteroatoms. The molecule has 1 aromatic rings. The molecule has 1 atom stereocenters. The predicted octanol–water partition coefficient (Wildman–Crippen LogP) is 1.87. The van der Waals surface area contributed by atoms with Crippen molar-refractivity contribution in [2.75, 3.05) is 34.4 Å². The third kappa shape index (κ3) is 3.60. The van der Waals surface area contributed by atoms with Crippen LogP contribution in [0.4, 0.5) is 0 Å². The summed E-state index contributed by atoms with van der Waals surface area (Å²) in [5.41, 5.74) is 1.52. The summed E-state index contributed by atoms with van der Waals surface area (Å²) in [6.45, 7) is 3.44. The molecule has 0 aliphatic carbocycles. The summed E-state index contributed by atoms with van der Waals surface area (Å²) in [5, 5.41) is 3.21. The first-order valence-electron chi connectivity index (χ1n) is 6.79. The van der Waals surface area contributed by atoms with Gasteiger partial charge in [-0.3, -0.25) is 4.79 Å². The Balaban J connectivity index is 0.00000220. The van der Waals surface area contributed by atoms with Crippen molar-refractivity contribution in [3.05, 3.63) is 23.3 Å². The Labute approximate surface area is 132 Å². The summed E-state index contributed by atoms with van der Waals surface area (Å²) in [5.74, 6) is 1.38. The first-order valence-corrected chi connectivity index (χ1v) is 6.79. The van der Waals surface area contributed by atoms with E-state index < -0.39 is 0 Å². The van der Waals surface area contributed by atoms with Crippen LogP contribution in [0.3, 0.4) is 0 Å². The number of hydrogen-bond donors (Lipinski definition) is 1. The highest BCUT2D eigenvalue weighted by atomic mass is 35.5. The highest BCUT2D eigenvalue weighted by molar-refractivity contribution is 5.95. The van der Waals surface area contributed by atoms with Crippen molar-refractivity contribution >= 4 is 18.3 Å². The van der Waals surface area contributed by atoms with Gasteiger partial charge in [0.25, 0.3) is 5.91 Å².